The molecule has 2 amide bonds. The number of aromatic nitrogens is 1. The predicted octanol–water partition coefficient (Wildman–Crippen LogP) is 5.91. The first kappa shape index (κ1) is 24.8. The molecular weight excluding hydrogens is 449 g/mol. The van der Waals surface area contributed by atoms with Crippen molar-refractivity contribution >= 4 is 17.4 Å². The number of hydrogen-bond donors (Lipinski definition) is 3. The Bertz CT molecular complexity index is 1090. The molecule has 180 valence electrons. The molecule has 0 radical (unpaired) electrons. The molecule has 0 saturated heterocycles. The van der Waals surface area contributed by atoms with Crippen LogP contribution in [0.4, 0.5) is 29.3 Å². The number of carbonyl (C=O) groups is 1. The highest BCUT2D eigenvalue weighted by atomic mass is 19.4. The normalized spacial score (nSPS) is 11.2. The van der Waals surface area contributed by atoms with E-state index in [1.54, 1.807) is 48.8 Å². The molecule has 0 bridgehead atoms. The fraction of sp³-hybridized carbons (Fsp3) is 0.250. The lowest BCUT2D eigenvalue weighted by Gasteiger charge is -2.19. The predicted molar refractivity (Wildman–Crippen MR) is 123 cm³/mol. The van der Waals surface area contributed by atoms with Gasteiger partial charge in [0.2, 0.25) is 0 Å². The molecule has 0 atom stereocenters. The second kappa shape index (κ2) is 11.4. The van der Waals surface area contributed by atoms with Crippen LogP contribution in [-0.4, -0.2) is 30.2 Å². The molecule has 0 aliphatic carbocycles. The summed E-state index contributed by atoms with van der Waals surface area (Å²) in [5, 5.41) is 7.86. The number of carbonyl (C=O) groups excluding carboxylic acids is 1. The SMILES string of the molecule is CC(C)NCCOc1cccc(NC(=O)Nc2cccc(Oc3ccncc3)c2)c1C(F)(F)F. The lowest BCUT2D eigenvalue weighted by molar-refractivity contribution is -0.138. The Morgan fingerprint density at radius 2 is 1.74 bits per heavy atom. The number of amides is 2. The van der Waals surface area contributed by atoms with E-state index in [1.165, 1.54) is 18.2 Å². The molecule has 1 aromatic heterocycles. The van der Waals surface area contributed by atoms with Crippen LogP contribution in [0.5, 0.6) is 17.2 Å². The number of pyridine rings is 1. The van der Waals surface area contributed by atoms with E-state index in [-0.39, 0.29) is 18.4 Å². The Morgan fingerprint density at radius 1 is 1.00 bits per heavy atom. The van der Waals surface area contributed by atoms with E-state index in [2.05, 4.69) is 20.9 Å². The maximum atomic E-state index is 13.8. The third-order valence-corrected chi connectivity index (χ3v) is 4.45. The summed E-state index contributed by atoms with van der Waals surface area (Å²) in [6.07, 6.45) is -1.59. The van der Waals surface area contributed by atoms with Crippen molar-refractivity contribution < 1.29 is 27.4 Å². The van der Waals surface area contributed by atoms with Crippen molar-refractivity contribution in [1.82, 2.24) is 10.3 Å². The average Bonchev–Trinajstić information content (AvgIpc) is 2.77. The number of nitrogens with zero attached hydrogens (tertiary/aromatic N) is 1. The molecule has 3 rings (SSSR count). The van der Waals surface area contributed by atoms with E-state index in [9.17, 15) is 18.0 Å². The number of nitrogens with one attached hydrogen (secondary N) is 3. The highest BCUT2D eigenvalue weighted by molar-refractivity contribution is 6.00. The Morgan fingerprint density at radius 3 is 2.44 bits per heavy atom. The number of alkyl halides is 3. The lowest BCUT2D eigenvalue weighted by atomic mass is 10.1. The van der Waals surface area contributed by atoms with Crippen molar-refractivity contribution in [3.63, 3.8) is 0 Å². The zero-order valence-corrected chi connectivity index (χ0v) is 18.6. The van der Waals surface area contributed by atoms with Crippen LogP contribution in [0.15, 0.2) is 67.0 Å². The van der Waals surface area contributed by atoms with E-state index in [4.69, 9.17) is 9.47 Å². The molecule has 34 heavy (non-hydrogen) atoms. The third kappa shape index (κ3) is 7.38. The summed E-state index contributed by atoms with van der Waals surface area (Å²) >= 11 is 0. The van der Waals surface area contributed by atoms with Crippen LogP contribution < -0.4 is 25.4 Å². The topological polar surface area (TPSA) is 84.5 Å². The van der Waals surface area contributed by atoms with Gasteiger partial charge in [-0.1, -0.05) is 26.0 Å². The minimum absolute atomic E-state index is 0.0428. The fourth-order valence-electron chi connectivity index (χ4n) is 3.02. The summed E-state index contributed by atoms with van der Waals surface area (Å²) in [5.41, 5.74) is -1.13. The first-order valence-corrected chi connectivity index (χ1v) is 10.5. The number of ether oxygens (including phenoxy) is 2. The molecule has 0 fully saturated rings. The van der Waals surface area contributed by atoms with Gasteiger partial charge in [0, 0.05) is 36.7 Å². The molecule has 0 aliphatic heterocycles. The molecule has 2 aromatic carbocycles. The number of rotatable bonds is 9. The van der Waals surface area contributed by atoms with Crippen LogP contribution >= 0.6 is 0 Å². The van der Waals surface area contributed by atoms with Gasteiger partial charge in [0.25, 0.3) is 0 Å². The minimum Gasteiger partial charge on any atom is -0.492 e. The summed E-state index contributed by atoms with van der Waals surface area (Å²) in [5.74, 6) is 0.626. The van der Waals surface area contributed by atoms with Crippen LogP contribution in [0.1, 0.15) is 19.4 Å². The van der Waals surface area contributed by atoms with Gasteiger partial charge in [0.15, 0.2) is 0 Å². The second-order valence-corrected chi connectivity index (χ2v) is 7.53. The van der Waals surface area contributed by atoms with Crippen molar-refractivity contribution in [3.8, 4) is 17.2 Å². The molecule has 3 N–H and O–H groups in total. The molecule has 0 unspecified atom stereocenters. The maximum absolute atomic E-state index is 13.8. The van der Waals surface area contributed by atoms with Crippen LogP contribution in [0, 0.1) is 0 Å². The van der Waals surface area contributed by atoms with Crippen LogP contribution in [0.3, 0.4) is 0 Å². The molecule has 1 heterocycles. The summed E-state index contributed by atoms with van der Waals surface area (Å²) < 4.78 is 52.4. The largest absolute Gasteiger partial charge is 0.492 e. The Kier molecular flexibility index (Phi) is 8.31. The van der Waals surface area contributed by atoms with Gasteiger partial charge in [-0.3, -0.25) is 4.98 Å². The molecule has 10 heteroatoms. The average molecular weight is 474 g/mol. The fourth-order valence-corrected chi connectivity index (χ4v) is 3.02. The molecule has 0 saturated carbocycles. The summed E-state index contributed by atoms with van der Waals surface area (Å²) in [6, 6.07) is 12.9. The van der Waals surface area contributed by atoms with Crippen molar-refractivity contribution in [1.29, 1.82) is 0 Å². The molecular formula is C24H25F3N4O3. The zero-order valence-electron chi connectivity index (χ0n) is 18.6. The number of hydrogen-bond acceptors (Lipinski definition) is 5. The van der Waals surface area contributed by atoms with Crippen molar-refractivity contribution in [2.45, 2.75) is 26.1 Å². The van der Waals surface area contributed by atoms with E-state index < -0.39 is 23.5 Å². The van der Waals surface area contributed by atoms with Gasteiger partial charge < -0.3 is 25.4 Å². The van der Waals surface area contributed by atoms with Gasteiger partial charge in [-0.2, -0.15) is 13.2 Å². The highest BCUT2D eigenvalue weighted by Crippen LogP contribution is 2.41. The van der Waals surface area contributed by atoms with Gasteiger partial charge in [-0.25, -0.2) is 4.79 Å². The standard InChI is InChI=1S/C24H25F3N4O3/c1-16(2)29-13-14-33-21-8-4-7-20(22(21)24(25,26)27)31-23(32)30-17-5-3-6-19(15-17)34-18-9-11-28-12-10-18/h3-12,15-16,29H,13-14H2,1-2H3,(H2,30,31,32). The maximum Gasteiger partial charge on any atom is 0.421 e. The Balaban J connectivity index is 1.70. The van der Waals surface area contributed by atoms with E-state index in [0.717, 1.165) is 0 Å². The summed E-state index contributed by atoms with van der Waals surface area (Å²) in [7, 11) is 0. The summed E-state index contributed by atoms with van der Waals surface area (Å²) in [6.45, 7) is 4.27. The monoisotopic (exact) mass is 474 g/mol. The number of benzene rings is 2. The third-order valence-electron chi connectivity index (χ3n) is 4.45. The van der Waals surface area contributed by atoms with Crippen LogP contribution in [0.2, 0.25) is 0 Å². The molecule has 0 spiro atoms. The number of halogens is 3. The highest BCUT2D eigenvalue weighted by Gasteiger charge is 2.37. The van der Waals surface area contributed by atoms with Crippen molar-refractivity contribution in [3.05, 3.63) is 72.6 Å². The van der Waals surface area contributed by atoms with Gasteiger partial charge in [0.1, 0.15) is 29.4 Å². The Hall–Kier alpha value is -3.79. The first-order valence-electron chi connectivity index (χ1n) is 10.5. The molecule has 7 nitrogen and oxygen atoms in total. The van der Waals surface area contributed by atoms with Gasteiger partial charge in [0.05, 0.1) is 5.69 Å². The van der Waals surface area contributed by atoms with Crippen LogP contribution in [0.25, 0.3) is 0 Å². The Labute approximate surface area is 195 Å². The second-order valence-electron chi connectivity index (χ2n) is 7.53. The van der Waals surface area contributed by atoms with Crippen molar-refractivity contribution in [2.24, 2.45) is 0 Å². The first-order chi connectivity index (χ1) is 16.2. The van der Waals surface area contributed by atoms with Crippen molar-refractivity contribution in [2.75, 3.05) is 23.8 Å². The van der Waals surface area contributed by atoms with E-state index in [0.29, 0.717) is 23.7 Å². The summed E-state index contributed by atoms with van der Waals surface area (Å²) in [4.78, 5) is 16.4. The van der Waals surface area contributed by atoms with Gasteiger partial charge >= 0.3 is 12.2 Å². The van der Waals surface area contributed by atoms with Gasteiger partial charge in [-0.05, 0) is 36.4 Å². The quantitative estimate of drug-likeness (QED) is 0.336. The number of anilines is 2. The van der Waals surface area contributed by atoms with Gasteiger partial charge in [-0.15, -0.1) is 0 Å². The minimum atomic E-state index is -4.73. The van der Waals surface area contributed by atoms with E-state index in [1.807, 2.05) is 13.8 Å². The molecule has 3 aromatic rings. The van der Waals surface area contributed by atoms with E-state index >= 15 is 0 Å². The molecule has 0 aliphatic rings. The smallest absolute Gasteiger partial charge is 0.421 e. The zero-order chi connectivity index (χ0) is 24.6. The lowest BCUT2D eigenvalue weighted by Crippen LogP contribution is -2.28. The van der Waals surface area contributed by atoms with Crippen LogP contribution in [-0.2, 0) is 6.18 Å². The number of urea groups is 1.